The minimum absolute atomic E-state index is 0.171. The molecule has 1 aromatic carbocycles. The lowest BCUT2D eigenvalue weighted by molar-refractivity contribution is 0.102. The Balaban J connectivity index is 1.52. The zero-order chi connectivity index (χ0) is 18.5. The Morgan fingerprint density at radius 3 is 2.81 bits per heavy atom. The molecule has 0 saturated carbocycles. The van der Waals surface area contributed by atoms with E-state index < -0.39 is 0 Å². The van der Waals surface area contributed by atoms with Crippen LogP contribution < -0.4 is 25.4 Å². The van der Waals surface area contributed by atoms with Crippen molar-refractivity contribution >= 4 is 29.0 Å². The second-order valence-electron chi connectivity index (χ2n) is 5.98. The molecule has 0 aliphatic carbocycles. The summed E-state index contributed by atoms with van der Waals surface area (Å²) in [6.45, 7) is 4.99. The largest absolute Gasteiger partial charge is 0.454 e. The maximum Gasteiger partial charge on any atom is 0.315 e. The van der Waals surface area contributed by atoms with Gasteiger partial charge in [-0.3, -0.25) is 4.79 Å². The van der Waals surface area contributed by atoms with Crippen molar-refractivity contribution in [2.24, 2.45) is 5.92 Å². The van der Waals surface area contributed by atoms with Crippen LogP contribution in [0.1, 0.15) is 28.7 Å². The van der Waals surface area contributed by atoms with Crippen molar-refractivity contribution in [3.05, 3.63) is 28.2 Å². The number of urea groups is 1. The number of hydrogen-bond donors (Lipinski definition) is 3. The Morgan fingerprint density at radius 1 is 1.19 bits per heavy atom. The van der Waals surface area contributed by atoms with Gasteiger partial charge in [0.05, 0.1) is 6.54 Å². The maximum absolute atomic E-state index is 12.3. The lowest BCUT2D eigenvalue weighted by Gasteiger charge is -2.07. The molecule has 138 valence electrons. The molecule has 9 nitrogen and oxygen atoms in total. The second kappa shape index (κ2) is 8.00. The van der Waals surface area contributed by atoms with Crippen molar-refractivity contribution in [1.82, 2.24) is 20.8 Å². The molecule has 2 aromatic rings. The van der Waals surface area contributed by atoms with E-state index in [9.17, 15) is 9.59 Å². The van der Waals surface area contributed by atoms with E-state index in [4.69, 9.17) is 9.47 Å². The van der Waals surface area contributed by atoms with Crippen LogP contribution in [0.2, 0.25) is 0 Å². The fourth-order valence-electron chi connectivity index (χ4n) is 2.09. The molecule has 3 N–H and O–H groups in total. The third-order valence-corrected chi connectivity index (χ3v) is 4.28. The first-order chi connectivity index (χ1) is 12.5. The summed E-state index contributed by atoms with van der Waals surface area (Å²) in [4.78, 5) is 23.9. The number of carbonyl (C=O) groups is 2. The highest BCUT2D eigenvalue weighted by Gasteiger charge is 2.17. The van der Waals surface area contributed by atoms with Crippen molar-refractivity contribution in [1.29, 1.82) is 0 Å². The predicted octanol–water partition coefficient (Wildman–Crippen LogP) is 1.97. The van der Waals surface area contributed by atoms with Crippen molar-refractivity contribution in [2.45, 2.75) is 20.4 Å². The summed E-state index contributed by atoms with van der Waals surface area (Å²) in [5.74, 6) is 1.21. The van der Waals surface area contributed by atoms with Crippen molar-refractivity contribution < 1.29 is 19.1 Å². The second-order valence-corrected chi connectivity index (χ2v) is 7.04. The molecule has 0 spiro atoms. The molecule has 1 aliphatic heterocycles. The van der Waals surface area contributed by atoms with E-state index in [1.54, 1.807) is 18.2 Å². The molecule has 2 heterocycles. The summed E-state index contributed by atoms with van der Waals surface area (Å²) in [6.07, 6.45) is 0. The van der Waals surface area contributed by atoms with Gasteiger partial charge in [-0.05, 0) is 18.1 Å². The van der Waals surface area contributed by atoms with Crippen LogP contribution in [0.3, 0.4) is 0 Å². The lowest BCUT2D eigenvalue weighted by atomic mass is 10.2. The van der Waals surface area contributed by atoms with Crippen LogP contribution in [0.15, 0.2) is 18.2 Å². The minimum Gasteiger partial charge on any atom is -0.454 e. The smallest absolute Gasteiger partial charge is 0.315 e. The zero-order valence-electron chi connectivity index (χ0n) is 14.4. The Morgan fingerprint density at radius 2 is 2.00 bits per heavy atom. The first-order valence-corrected chi connectivity index (χ1v) is 8.88. The SMILES string of the molecule is CC(C)CNC(=O)NCc1nnc(C(=O)Nc2ccc3c(c2)OCO3)s1. The molecule has 3 rings (SSSR count). The third kappa shape index (κ3) is 4.60. The molecule has 0 bridgehead atoms. The molecule has 3 amide bonds. The molecule has 1 aromatic heterocycles. The Labute approximate surface area is 154 Å². The van der Waals surface area contributed by atoms with Crippen LogP contribution in [-0.2, 0) is 6.54 Å². The molecule has 1 aliphatic rings. The molecule has 26 heavy (non-hydrogen) atoms. The van der Waals surface area contributed by atoms with Crippen LogP contribution in [0, 0.1) is 5.92 Å². The van der Waals surface area contributed by atoms with E-state index in [-0.39, 0.29) is 30.3 Å². The van der Waals surface area contributed by atoms with Gasteiger partial charge in [0.2, 0.25) is 11.8 Å². The van der Waals surface area contributed by atoms with Crippen LogP contribution in [0.4, 0.5) is 10.5 Å². The minimum atomic E-state index is -0.378. The third-order valence-electron chi connectivity index (χ3n) is 3.36. The molecule has 0 radical (unpaired) electrons. The van der Waals surface area contributed by atoms with E-state index in [1.165, 1.54) is 0 Å². The summed E-state index contributed by atoms with van der Waals surface area (Å²) >= 11 is 1.12. The van der Waals surface area contributed by atoms with Crippen LogP contribution in [-0.4, -0.2) is 35.5 Å². The number of benzene rings is 1. The fraction of sp³-hybridized carbons (Fsp3) is 0.375. The molecule has 0 saturated heterocycles. The number of anilines is 1. The average Bonchev–Trinajstić information content (AvgIpc) is 3.26. The predicted molar refractivity (Wildman–Crippen MR) is 95.5 cm³/mol. The van der Waals surface area contributed by atoms with Gasteiger partial charge in [-0.15, -0.1) is 10.2 Å². The molecular formula is C16H19N5O4S. The van der Waals surface area contributed by atoms with Crippen molar-refractivity contribution in [3.63, 3.8) is 0 Å². The average molecular weight is 377 g/mol. The van der Waals surface area contributed by atoms with Crippen molar-refractivity contribution in [2.75, 3.05) is 18.7 Å². The zero-order valence-corrected chi connectivity index (χ0v) is 15.2. The van der Waals surface area contributed by atoms with Crippen molar-refractivity contribution in [3.8, 4) is 11.5 Å². The fourth-order valence-corrected chi connectivity index (χ4v) is 2.77. The van der Waals surface area contributed by atoms with Gasteiger partial charge in [-0.1, -0.05) is 25.2 Å². The first kappa shape index (κ1) is 17.9. The first-order valence-electron chi connectivity index (χ1n) is 8.06. The van der Waals surface area contributed by atoms with E-state index in [2.05, 4.69) is 26.1 Å². The van der Waals surface area contributed by atoms with Gasteiger partial charge in [0.1, 0.15) is 5.01 Å². The molecule has 0 atom stereocenters. The topological polar surface area (TPSA) is 114 Å². The highest BCUT2D eigenvalue weighted by atomic mass is 32.1. The Kier molecular flexibility index (Phi) is 5.52. The summed E-state index contributed by atoms with van der Waals surface area (Å²) < 4.78 is 10.5. The summed E-state index contributed by atoms with van der Waals surface area (Å²) in [7, 11) is 0. The van der Waals surface area contributed by atoms with Gasteiger partial charge in [-0.25, -0.2) is 4.79 Å². The number of amides is 3. The summed E-state index contributed by atoms with van der Waals surface area (Å²) in [5, 5.41) is 16.7. The number of nitrogens with one attached hydrogen (secondary N) is 3. The quantitative estimate of drug-likeness (QED) is 0.709. The number of fused-ring (bicyclic) bond motifs is 1. The maximum atomic E-state index is 12.3. The number of nitrogens with zero attached hydrogens (tertiary/aromatic N) is 2. The van der Waals surface area contributed by atoms with Gasteiger partial charge in [0, 0.05) is 18.3 Å². The number of aromatic nitrogens is 2. The van der Waals surface area contributed by atoms with E-state index >= 15 is 0 Å². The van der Waals surface area contributed by atoms with E-state index in [1.807, 2.05) is 13.8 Å². The van der Waals surface area contributed by atoms with Gasteiger partial charge in [-0.2, -0.15) is 0 Å². The van der Waals surface area contributed by atoms with Gasteiger partial charge < -0.3 is 25.4 Å². The number of carbonyl (C=O) groups excluding carboxylic acids is 2. The molecule has 0 unspecified atom stereocenters. The number of hydrogen-bond acceptors (Lipinski definition) is 7. The summed E-state index contributed by atoms with van der Waals surface area (Å²) in [5.41, 5.74) is 0.571. The molecular weight excluding hydrogens is 358 g/mol. The Bertz CT molecular complexity index is 808. The number of rotatable bonds is 6. The monoisotopic (exact) mass is 377 g/mol. The van der Waals surface area contributed by atoms with Gasteiger partial charge >= 0.3 is 6.03 Å². The van der Waals surface area contributed by atoms with E-state index in [0.29, 0.717) is 34.7 Å². The van der Waals surface area contributed by atoms with Crippen LogP contribution in [0.5, 0.6) is 11.5 Å². The normalized spacial score (nSPS) is 12.1. The van der Waals surface area contributed by atoms with Crippen LogP contribution >= 0.6 is 11.3 Å². The highest BCUT2D eigenvalue weighted by molar-refractivity contribution is 7.13. The van der Waals surface area contributed by atoms with Crippen LogP contribution in [0.25, 0.3) is 0 Å². The van der Waals surface area contributed by atoms with Gasteiger partial charge in [0.25, 0.3) is 5.91 Å². The molecule has 0 fully saturated rings. The lowest BCUT2D eigenvalue weighted by Crippen LogP contribution is -2.36. The highest BCUT2D eigenvalue weighted by Crippen LogP contribution is 2.34. The van der Waals surface area contributed by atoms with E-state index in [0.717, 1.165) is 11.3 Å². The number of ether oxygens (including phenoxy) is 2. The van der Waals surface area contributed by atoms with Gasteiger partial charge in [0.15, 0.2) is 11.5 Å². The Hall–Kier alpha value is -2.88. The summed E-state index contributed by atoms with van der Waals surface area (Å²) in [6, 6.07) is 4.85. The molecule has 10 heteroatoms. The standard InChI is InChI=1S/C16H19N5O4S/c1-9(2)6-17-16(23)18-7-13-20-21-15(26-13)14(22)19-10-3-4-11-12(5-10)25-8-24-11/h3-5,9H,6-8H2,1-2H3,(H,19,22)(H2,17,18,23).